The predicted molar refractivity (Wildman–Crippen MR) is 63.6 cm³/mol. The average molecular weight is 292 g/mol. The van der Waals surface area contributed by atoms with Gasteiger partial charge in [-0.2, -0.15) is 4.80 Å². The molecule has 0 aliphatic heterocycles. The minimum absolute atomic E-state index is 0.202. The molecule has 1 aromatic heterocycles. The van der Waals surface area contributed by atoms with E-state index in [0.29, 0.717) is 10.6 Å². The van der Waals surface area contributed by atoms with Gasteiger partial charge in [-0.3, -0.25) is 4.79 Å². The molecular formula is C9H5Cl3N4O. The van der Waals surface area contributed by atoms with Crippen LogP contribution in [0, 0.1) is 0 Å². The zero-order valence-corrected chi connectivity index (χ0v) is 10.5. The highest BCUT2D eigenvalue weighted by atomic mass is 35.5. The van der Waals surface area contributed by atoms with E-state index in [4.69, 9.17) is 34.8 Å². The predicted octanol–water partition coefficient (Wildman–Crippen LogP) is 2.41. The van der Waals surface area contributed by atoms with Gasteiger partial charge in [0, 0.05) is 10.6 Å². The molecule has 17 heavy (non-hydrogen) atoms. The van der Waals surface area contributed by atoms with Crippen LogP contribution in [-0.2, 0) is 6.54 Å². The first-order valence-corrected chi connectivity index (χ1v) is 5.60. The summed E-state index contributed by atoms with van der Waals surface area (Å²) >= 11 is 17.4. The number of hydrogen-bond acceptors (Lipinski definition) is 4. The number of aromatic nitrogens is 4. The van der Waals surface area contributed by atoms with Crippen molar-refractivity contribution in [2.24, 2.45) is 0 Å². The molecule has 1 aromatic carbocycles. The Kier molecular flexibility index (Phi) is 3.61. The Bertz CT molecular complexity index is 556. The van der Waals surface area contributed by atoms with Crippen molar-refractivity contribution >= 4 is 40.0 Å². The molecule has 0 spiro atoms. The van der Waals surface area contributed by atoms with Crippen molar-refractivity contribution < 1.29 is 4.79 Å². The van der Waals surface area contributed by atoms with E-state index in [2.05, 4.69) is 15.4 Å². The van der Waals surface area contributed by atoms with Gasteiger partial charge in [-0.15, -0.1) is 10.2 Å². The molecule has 0 saturated carbocycles. The van der Waals surface area contributed by atoms with Crippen molar-refractivity contribution in [3.05, 3.63) is 39.6 Å². The highest BCUT2D eigenvalue weighted by Crippen LogP contribution is 2.29. The molecule has 0 bridgehead atoms. The van der Waals surface area contributed by atoms with E-state index in [0.717, 1.165) is 0 Å². The van der Waals surface area contributed by atoms with Crippen LogP contribution in [0.5, 0.6) is 0 Å². The molecule has 1 heterocycles. The van der Waals surface area contributed by atoms with Gasteiger partial charge in [0.25, 0.3) is 5.24 Å². The van der Waals surface area contributed by atoms with Crippen molar-refractivity contribution in [2.75, 3.05) is 0 Å². The largest absolute Gasteiger partial charge is 0.276 e. The number of rotatable bonds is 3. The van der Waals surface area contributed by atoms with Gasteiger partial charge in [0.1, 0.15) is 0 Å². The van der Waals surface area contributed by atoms with Crippen molar-refractivity contribution in [1.29, 1.82) is 0 Å². The Labute approximate surface area is 111 Å². The van der Waals surface area contributed by atoms with Crippen molar-refractivity contribution in [3.8, 4) is 0 Å². The van der Waals surface area contributed by atoms with Gasteiger partial charge in [-0.1, -0.05) is 23.2 Å². The molecule has 0 radical (unpaired) electrons. The number of nitrogens with zero attached hydrogens (tertiary/aromatic N) is 4. The number of halogens is 3. The zero-order valence-electron chi connectivity index (χ0n) is 8.27. The third kappa shape index (κ3) is 2.57. The summed E-state index contributed by atoms with van der Waals surface area (Å²) < 4.78 is 0. The molecule has 0 atom stereocenters. The summed E-state index contributed by atoms with van der Waals surface area (Å²) in [5.41, 5.74) is 0.727. The molecule has 0 unspecified atom stereocenters. The number of tetrazole rings is 1. The quantitative estimate of drug-likeness (QED) is 0.815. The van der Waals surface area contributed by atoms with Crippen molar-refractivity contribution in [3.63, 3.8) is 0 Å². The summed E-state index contributed by atoms with van der Waals surface area (Å²) in [4.78, 5) is 12.4. The fraction of sp³-hybridized carbons (Fsp3) is 0.111. The van der Waals surface area contributed by atoms with E-state index < -0.39 is 5.24 Å². The van der Waals surface area contributed by atoms with Gasteiger partial charge in [0.2, 0.25) is 0 Å². The van der Waals surface area contributed by atoms with E-state index in [9.17, 15) is 4.79 Å². The summed E-state index contributed by atoms with van der Waals surface area (Å²) in [6.07, 6.45) is 1.29. The van der Waals surface area contributed by atoms with Crippen LogP contribution in [0.4, 0.5) is 0 Å². The Morgan fingerprint density at radius 3 is 2.71 bits per heavy atom. The van der Waals surface area contributed by atoms with Crippen LogP contribution < -0.4 is 0 Å². The molecule has 0 fully saturated rings. The topological polar surface area (TPSA) is 60.7 Å². The monoisotopic (exact) mass is 290 g/mol. The molecule has 5 nitrogen and oxygen atoms in total. The number of hydrogen-bond donors (Lipinski definition) is 0. The Morgan fingerprint density at radius 1 is 1.35 bits per heavy atom. The first-order valence-electron chi connectivity index (χ1n) is 4.47. The van der Waals surface area contributed by atoms with Crippen LogP contribution in [-0.4, -0.2) is 25.4 Å². The molecule has 0 aliphatic carbocycles. The molecule has 0 saturated heterocycles. The van der Waals surface area contributed by atoms with E-state index in [1.807, 2.05) is 0 Å². The van der Waals surface area contributed by atoms with Crippen molar-refractivity contribution in [2.45, 2.75) is 6.54 Å². The summed E-state index contributed by atoms with van der Waals surface area (Å²) in [6, 6.07) is 3.02. The van der Waals surface area contributed by atoms with Crippen LogP contribution in [0.25, 0.3) is 0 Å². The maximum Gasteiger partial charge on any atom is 0.253 e. The maximum absolute atomic E-state index is 11.1. The minimum Gasteiger partial charge on any atom is -0.276 e. The lowest BCUT2D eigenvalue weighted by atomic mass is 10.1. The minimum atomic E-state index is -0.639. The molecule has 0 aliphatic rings. The highest BCUT2D eigenvalue weighted by Gasteiger charge is 2.15. The van der Waals surface area contributed by atoms with Crippen molar-refractivity contribution in [1.82, 2.24) is 20.2 Å². The van der Waals surface area contributed by atoms with Crippen LogP contribution in [0.1, 0.15) is 15.9 Å². The summed E-state index contributed by atoms with van der Waals surface area (Å²) in [5, 5.41) is 11.0. The normalized spacial score (nSPS) is 10.5. The van der Waals surface area contributed by atoms with Gasteiger partial charge >= 0.3 is 0 Å². The molecule has 0 amide bonds. The van der Waals surface area contributed by atoms with Crippen LogP contribution in [0.2, 0.25) is 10.0 Å². The summed E-state index contributed by atoms with van der Waals surface area (Å²) in [7, 11) is 0. The van der Waals surface area contributed by atoms with Gasteiger partial charge in [-0.05, 0) is 28.9 Å². The van der Waals surface area contributed by atoms with Gasteiger partial charge in [-0.25, -0.2) is 0 Å². The summed E-state index contributed by atoms with van der Waals surface area (Å²) in [6.45, 7) is 0.218. The molecule has 88 valence electrons. The van der Waals surface area contributed by atoms with E-state index in [1.165, 1.54) is 17.2 Å². The summed E-state index contributed by atoms with van der Waals surface area (Å²) in [5.74, 6) is 0. The average Bonchev–Trinajstić information content (AvgIpc) is 2.76. The van der Waals surface area contributed by atoms with E-state index in [-0.39, 0.29) is 17.1 Å². The van der Waals surface area contributed by atoms with E-state index in [1.54, 1.807) is 6.07 Å². The molecular weight excluding hydrogens is 286 g/mol. The maximum atomic E-state index is 11.1. The second-order valence-corrected chi connectivity index (χ2v) is 4.26. The first-order chi connectivity index (χ1) is 8.09. The lowest BCUT2D eigenvalue weighted by molar-refractivity contribution is 0.108. The second kappa shape index (κ2) is 5.00. The first kappa shape index (κ1) is 12.3. The second-order valence-electron chi connectivity index (χ2n) is 3.13. The number of benzene rings is 1. The molecule has 0 N–H and O–H groups in total. The SMILES string of the molecule is O=C(Cl)c1ccc(Cl)c(Cn2ncnn2)c1Cl. The molecule has 2 aromatic rings. The third-order valence-corrected chi connectivity index (χ3v) is 3.08. The third-order valence-electron chi connectivity index (χ3n) is 2.09. The standard InChI is InChI=1S/C9H5Cl3N4O/c10-7-2-1-5(9(12)17)8(11)6(7)3-16-14-4-13-15-16/h1-2,4H,3H2. The fourth-order valence-electron chi connectivity index (χ4n) is 1.30. The van der Waals surface area contributed by atoms with E-state index >= 15 is 0 Å². The van der Waals surface area contributed by atoms with Gasteiger partial charge in [0.15, 0.2) is 6.33 Å². The van der Waals surface area contributed by atoms with Gasteiger partial charge < -0.3 is 0 Å². The van der Waals surface area contributed by atoms with Crippen LogP contribution in [0.3, 0.4) is 0 Å². The highest BCUT2D eigenvalue weighted by molar-refractivity contribution is 6.68. The van der Waals surface area contributed by atoms with Crippen LogP contribution in [0.15, 0.2) is 18.5 Å². The molecule has 2 rings (SSSR count). The Morgan fingerprint density at radius 2 is 2.12 bits per heavy atom. The Balaban J connectivity index is 2.45. The number of carbonyl (C=O) groups excluding carboxylic acids is 1. The lowest BCUT2D eigenvalue weighted by Crippen LogP contribution is -2.06. The molecule has 8 heteroatoms. The lowest BCUT2D eigenvalue weighted by Gasteiger charge is -2.08. The fourth-order valence-corrected chi connectivity index (χ4v) is 2.08. The smallest absolute Gasteiger partial charge is 0.253 e. The van der Waals surface area contributed by atoms with Crippen LogP contribution >= 0.6 is 34.8 Å². The Hall–Kier alpha value is -1.17. The number of carbonyl (C=O) groups is 1. The van der Waals surface area contributed by atoms with Gasteiger partial charge in [0.05, 0.1) is 17.1 Å². The zero-order chi connectivity index (χ0) is 12.4.